The number of aromatic nitrogens is 2. The van der Waals surface area contributed by atoms with Crippen molar-refractivity contribution in [2.24, 2.45) is 0 Å². The Morgan fingerprint density at radius 3 is 2.71 bits per heavy atom. The fraction of sp³-hybridized carbons (Fsp3) is 0.0625. The highest BCUT2D eigenvalue weighted by atomic mass is 35.5. The third kappa shape index (κ3) is 3.27. The molecule has 1 heterocycles. The highest BCUT2D eigenvalue weighted by molar-refractivity contribution is 7.92. The van der Waals surface area contributed by atoms with E-state index in [1.165, 1.54) is 22.9 Å². The monoisotopic (exact) mass is 365 g/mol. The Morgan fingerprint density at radius 2 is 2.00 bits per heavy atom. The van der Waals surface area contributed by atoms with E-state index in [2.05, 4.69) is 9.82 Å². The van der Waals surface area contributed by atoms with Gasteiger partial charge in [-0.3, -0.25) is 4.72 Å². The van der Waals surface area contributed by atoms with Gasteiger partial charge in [0.25, 0.3) is 10.0 Å². The predicted molar refractivity (Wildman–Crippen MR) is 90.5 cm³/mol. The average molecular weight is 366 g/mol. The number of nitrogens with one attached hydrogen (secondary N) is 1. The van der Waals surface area contributed by atoms with Crippen molar-refractivity contribution in [2.75, 3.05) is 4.72 Å². The molecule has 0 unspecified atom stereocenters. The molecule has 0 fully saturated rings. The van der Waals surface area contributed by atoms with E-state index >= 15 is 0 Å². The maximum absolute atomic E-state index is 14.0. The molecule has 24 heavy (non-hydrogen) atoms. The molecular weight excluding hydrogens is 353 g/mol. The standard InChI is InChI=1S/C16H13ClFN3O2S/c1-11-3-5-13(18)16(9-11)24(22,23)20-14-10-12(17)4-6-15(14)21-8-2-7-19-21/h2-10,20H,1H3. The van der Waals surface area contributed by atoms with Crippen LogP contribution in [-0.2, 0) is 10.0 Å². The van der Waals surface area contributed by atoms with Gasteiger partial charge < -0.3 is 0 Å². The van der Waals surface area contributed by atoms with Gasteiger partial charge in [-0.1, -0.05) is 17.7 Å². The SMILES string of the molecule is Cc1ccc(F)c(S(=O)(=O)Nc2cc(Cl)ccc2-n2cccn2)c1. The lowest BCUT2D eigenvalue weighted by molar-refractivity contribution is 0.570. The summed E-state index contributed by atoms with van der Waals surface area (Å²) in [6.07, 6.45) is 3.22. The molecule has 5 nitrogen and oxygen atoms in total. The minimum Gasteiger partial charge on any atom is -0.277 e. The topological polar surface area (TPSA) is 64.0 Å². The van der Waals surface area contributed by atoms with Crippen LogP contribution in [0.4, 0.5) is 10.1 Å². The number of nitrogens with zero attached hydrogens (tertiary/aromatic N) is 2. The first-order valence-corrected chi connectivity index (χ1v) is 8.81. The van der Waals surface area contributed by atoms with Crippen molar-refractivity contribution in [2.45, 2.75) is 11.8 Å². The Hall–Kier alpha value is -2.38. The van der Waals surface area contributed by atoms with Gasteiger partial charge in [-0.2, -0.15) is 5.10 Å². The van der Waals surface area contributed by atoms with Crippen LogP contribution in [0, 0.1) is 12.7 Å². The minimum absolute atomic E-state index is 0.201. The number of anilines is 1. The summed E-state index contributed by atoms with van der Waals surface area (Å²) in [5, 5.41) is 4.42. The number of hydrogen-bond acceptors (Lipinski definition) is 3. The van der Waals surface area contributed by atoms with Crippen LogP contribution in [0.2, 0.25) is 5.02 Å². The van der Waals surface area contributed by atoms with Gasteiger partial charge in [0.1, 0.15) is 10.7 Å². The second kappa shape index (κ2) is 6.26. The zero-order chi connectivity index (χ0) is 17.3. The van der Waals surface area contributed by atoms with Crippen LogP contribution >= 0.6 is 11.6 Å². The van der Waals surface area contributed by atoms with Crippen LogP contribution in [0.15, 0.2) is 59.8 Å². The van der Waals surface area contributed by atoms with Crippen molar-refractivity contribution < 1.29 is 12.8 Å². The Kier molecular flexibility index (Phi) is 4.29. The van der Waals surface area contributed by atoms with E-state index in [0.717, 1.165) is 6.07 Å². The normalized spacial score (nSPS) is 11.5. The van der Waals surface area contributed by atoms with Crippen LogP contribution in [0.3, 0.4) is 0 Å². The molecule has 1 N–H and O–H groups in total. The third-order valence-corrected chi connectivity index (χ3v) is 4.95. The van der Waals surface area contributed by atoms with E-state index in [-0.39, 0.29) is 5.69 Å². The zero-order valence-corrected chi connectivity index (χ0v) is 14.1. The number of sulfonamides is 1. The number of hydrogen-bond donors (Lipinski definition) is 1. The highest BCUT2D eigenvalue weighted by Crippen LogP contribution is 2.27. The van der Waals surface area contributed by atoms with E-state index in [9.17, 15) is 12.8 Å². The van der Waals surface area contributed by atoms with Crippen LogP contribution in [0.5, 0.6) is 0 Å². The van der Waals surface area contributed by atoms with Crippen molar-refractivity contribution in [3.8, 4) is 5.69 Å². The molecule has 0 bridgehead atoms. The second-order valence-corrected chi connectivity index (χ2v) is 7.24. The Balaban J connectivity index is 2.08. The molecule has 0 amide bonds. The van der Waals surface area contributed by atoms with E-state index in [1.54, 1.807) is 37.5 Å². The van der Waals surface area contributed by atoms with Crippen LogP contribution in [0.1, 0.15) is 5.56 Å². The van der Waals surface area contributed by atoms with Crippen molar-refractivity contribution in [1.29, 1.82) is 0 Å². The first kappa shape index (κ1) is 16.5. The lowest BCUT2D eigenvalue weighted by Gasteiger charge is -2.14. The van der Waals surface area contributed by atoms with Gasteiger partial charge in [-0.15, -0.1) is 0 Å². The van der Waals surface area contributed by atoms with Gasteiger partial charge in [-0.05, 0) is 48.9 Å². The molecule has 3 rings (SSSR count). The molecule has 2 aromatic carbocycles. The average Bonchev–Trinajstić information content (AvgIpc) is 3.03. The fourth-order valence-electron chi connectivity index (χ4n) is 2.22. The summed E-state index contributed by atoms with van der Waals surface area (Å²) in [6, 6.07) is 10.3. The molecule has 0 atom stereocenters. The molecule has 0 radical (unpaired) electrons. The molecule has 0 saturated heterocycles. The molecule has 3 aromatic rings. The highest BCUT2D eigenvalue weighted by Gasteiger charge is 2.21. The number of aryl methyl sites for hydroxylation is 1. The first-order chi connectivity index (χ1) is 11.4. The van der Waals surface area contributed by atoms with Crippen molar-refractivity contribution in [3.05, 3.63) is 71.3 Å². The van der Waals surface area contributed by atoms with Gasteiger partial charge >= 0.3 is 0 Å². The van der Waals surface area contributed by atoms with Gasteiger partial charge in [-0.25, -0.2) is 17.5 Å². The van der Waals surface area contributed by atoms with Crippen molar-refractivity contribution >= 4 is 27.3 Å². The number of benzene rings is 2. The number of rotatable bonds is 4. The van der Waals surface area contributed by atoms with Crippen molar-refractivity contribution in [1.82, 2.24) is 9.78 Å². The Labute approximate surface area is 143 Å². The first-order valence-electron chi connectivity index (χ1n) is 6.95. The van der Waals surface area contributed by atoms with E-state index in [4.69, 9.17) is 11.6 Å². The van der Waals surface area contributed by atoms with Crippen LogP contribution in [-0.4, -0.2) is 18.2 Å². The smallest absolute Gasteiger partial charge is 0.264 e. The maximum Gasteiger partial charge on any atom is 0.264 e. The molecule has 8 heteroatoms. The fourth-order valence-corrected chi connectivity index (χ4v) is 3.62. The lowest BCUT2D eigenvalue weighted by Crippen LogP contribution is -2.16. The summed E-state index contributed by atoms with van der Waals surface area (Å²) in [5.41, 5.74) is 1.31. The molecule has 1 aromatic heterocycles. The maximum atomic E-state index is 14.0. The summed E-state index contributed by atoms with van der Waals surface area (Å²) in [7, 11) is -4.12. The van der Waals surface area contributed by atoms with Gasteiger partial charge in [0, 0.05) is 17.4 Å². The molecular formula is C16H13ClFN3O2S. The van der Waals surface area contributed by atoms with Crippen molar-refractivity contribution in [3.63, 3.8) is 0 Å². The molecule has 0 saturated carbocycles. The largest absolute Gasteiger partial charge is 0.277 e. The zero-order valence-electron chi connectivity index (χ0n) is 12.6. The van der Waals surface area contributed by atoms with E-state index in [1.807, 2.05) is 0 Å². The van der Waals surface area contributed by atoms with E-state index < -0.39 is 20.7 Å². The molecule has 124 valence electrons. The van der Waals surface area contributed by atoms with Gasteiger partial charge in [0.15, 0.2) is 0 Å². The number of halogens is 2. The lowest BCUT2D eigenvalue weighted by atomic mass is 10.2. The molecule has 0 spiro atoms. The minimum atomic E-state index is -4.12. The van der Waals surface area contributed by atoms with Crippen LogP contribution in [0.25, 0.3) is 5.69 Å². The Bertz CT molecular complexity index is 989. The van der Waals surface area contributed by atoms with E-state index in [0.29, 0.717) is 16.3 Å². The molecule has 0 aliphatic carbocycles. The summed E-state index contributed by atoms with van der Waals surface area (Å²) in [5.74, 6) is -0.823. The summed E-state index contributed by atoms with van der Waals surface area (Å²) in [6.45, 7) is 1.69. The quantitative estimate of drug-likeness (QED) is 0.765. The third-order valence-electron chi connectivity index (χ3n) is 3.33. The summed E-state index contributed by atoms with van der Waals surface area (Å²) >= 11 is 5.97. The second-order valence-electron chi connectivity index (χ2n) is 5.15. The molecule has 0 aliphatic rings. The van der Waals surface area contributed by atoms with Gasteiger partial charge in [0.2, 0.25) is 0 Å². The van der Waals surface area contributed by atoms with Crippen LogP contribution < -0.4 is 4.72 Å². The van der Waals surface area contributed by atoms with Gasteiger partial charge in [0.05, 0.1) is 11.4 Å². The predicted octanol–water partition coefficient (Wildman–Crippen LogP) is 3.77. The molecule has 0 aliphatic heterocycles. The Morgan fingerprint density at radius 1 is 1.21 bits per heavy atom. The summed E-state index contributed by atoms with van der Waals surface area (Å²) < 4.78 is 43.0. The summed E-state index contributed by atoms with van der Waals surface area (Å²) in [4.78, 5) is -0.422.